The van der Waals surface area contributed by atoms with Crippen LogP contribution >= 0.6 is 0 Å². The first-order valence-corrected chi connectivity index (χ1v) is 3.89. The smallest absolute Gasteiger partial charge is 0.309 e. The molecule has 0 N–H and O–H groups in total. The maximum absolute atomic E-state index is 11.0. The molecule has 12 heavy (non-hydrogen) atoms. The lowest BCUT2D eigenvalue weighted by molar-refractivity contribution is -0.488. The van der Waals surface area contributed by atoms with Gasteiger partial charge in [-0.3, -0.25) is 14.9 Å². The SMILES string of the molecule is C[C@H](C[N+](=O)[O-])[C@@H]1CCOC1=O. The minimum absolute atomic E-state index is 0.153. The molecule has 1 fully saturated rings. The molecular formula is C7H11NO4. The van der Waals surface area contributed by atoms with Gasteiger partial charge in [0.1, 0.15) is 0 Å². The first-order valence-electron chi connectivity index (χ1n) is 3.89. The van der Waals surface area contributed by atoms with Gasteiger partial charge >= 0.3 is 5.97 Å². The van der Waals surface area contributed by atoms with Crippen LogP contribution < -0.4 is 0 Å². The molecule has 1 aliphatic heterocycles. The van der Waals surface area contributed by atoms with Gasteiger partial charge in [0.05, 0.1) is 12.5 Å². The molecule has 0 unspecified atom stereocenters. The van der Waals surface area contributed by atoms with E-state index in [0.717, 1.165) is 0 Å². The molecule has 0 aromatic heterocycles. The third-order valence-corrected chi connectivity index (χ3v) is 2.10. The highest BCUT2D eigenvalue weighted by Gasteiger charge is 2.33. The number of ether oxygens (including phenoxy) is 1. The Bertz CT molecular complexity index is 204. The Kier molecular flexibility index (Phi) is 2.62. The van der Waals surface area contributed by atoms with Crippen LogP contribution in [0.3, 0.4) is 0 Å². The van der Waals surface area contributed by atoms with Crippen molar-refractivity contribution in [3.63, 3.8) is 0 Å². The van der Waals surface area contributed by atoms with Crippen molar-refractivity contribution in [1.82, 2.24) is 0 Å². The minimum Gasteiger partial charge on any atom is -0.465 e. The fourth-order valence-corrected chi connectivity index (χ4v) is 1.39. The second-order valence-electron chi connectivity index (χ2n) is 3.06. The molecule has 0 radical (unpaired) electrons. The summed E-state index contributed by atoms with van der Waals surface area (Å²) in [6.07, 6.45) is 0.619. The predicted octanol–water partition coefficient (Wildman–Crippen LogP) is 0.462. The van der Waals surface area contributed by atoms with Gasteiger partial charge in [-0.15, -0.1) is 0 Å². The van der Waals surface area contributed by atoms with Gasteiger partial charge in [0.25, 0.3) is 0 Å². The molecule has 0 saturated carbocycles. The Hall–Kier alpha value is -1.13. The quantitative estimate of drug-likeness (QED) is 0.353. The Morgan fingerprint density at radius 2 is 2.50 bits per heavy atom. The Morgan fingerprint density at radius 3 is 2.92 bits per heavy atom. The molecule has 2 atom stereocenters. The highest BCUT2D eigenvalue weighted by atomic mass is 16.6. The van der Waals surface area contributed by atoms with Crippen LogP contribution in [0.4, 0.5) is 0 Å². The molecule has 68 valence electrons. The van der Waals surface area contributed by atoms with E-state index in [1.807, 2.05) is 0 Å². The van der Waals surface area contributed by atoms with Gasteiger partial charge in [-0.2, -0.15) is 0 Å². The lowest BCUT2D eigenvalue weighted by Gasteiger charge is -2.09. The van der Waals surface area contributed by atoms with Gasteiger partial charge in [-0.25, -0.2) is 0 Å². The van der Waals surface area contributed by atoms with Crippen LogP contribution in [0.1, 0.15) is 13.3 Å². The fourth-order valence-electron chi connectivity index (χ4n) is 1.39. The molecule has 0 aromatic rings. The van der Waals surface area contributed by atoms with Gasteiger partial charge in [-0.05, 0) is 6.42 Å². The van der Waals surface area contributed by atoms with Crippen LogP contribution in [0.5, 0.6) is 0 Å². The molecule has 1 saturated heterocycles. The second kappa shape index (κ2) is 3.51. The van der Waals surface area contributed by atoms with Gasteiger partial charge in [0.2, 0.25) is 6.54 Å². The highest BCUT2D eigenvalue weighted by molar-refractivity contribution is 5.74. The maximum Gasteiger partial charge on any atom is 0.309 e. The van der Waals surface area contributed by atoms with E-state index >= 15 is 0 Å². The number of carbonyl (C=O) groups excluding carboxylic acids is 1. The van der Waals surface area contributed by atoms with E-state index < -0.39 is 4.92 Å². The van der Waals surface area contributed by atoms with E-state index in [1.165, 1.54) is 0 Å². The lowest BCUT2D eigenvalue weighted by atomic mass is 9.93. The van der Waals surface area contributed by atoms with E-state index in [2.05, 4.69) is 0 Å². The van der Waals surface area contributed by atoms with Crippen LogP contribution in [-0.2, 0) is 9.53 Å². The fraction of sp³-hybridized carbons (Fsp3) is 0.857. The number of rotatable bonds is 3. The van der Waals surface area contributed by atoms with Crippen molar-refractivity contribution in [2.45, 2.75) is 13.3 Å². The van der Waals surface area contributed by atoms with Crippen LogP contribution in [0.15, 0.2) is 0 Å². The zero-order chi connectivity index (χ0) is 9.14. The summed E-state index contributed by atoms with van der Waals surface area (Å²) in [5, 5.41) is 10.1. The number of hydrogen-bond acceptors (Lipinski definition) is 4. The van der Waals surface area contributed by atoms with Crippen LogP contribution in [0, 0.1) is 22.0 Å². The van der Waals surface area contributed by atoms with Gasteiger partial charge in [0.15, 0.2) is 0 Å². The predicted molar refractivity (Wildman–Crippen MR) is 40.1 cm³/mol. The van der Waals surface area contributed by atoms with Crippen molar-refractivity contribution in [2.24, 2.45) is 11.8 Å². The summed E-state index contributed by atoms with van der Waals surface area (Å²) < 4.78 is 4.71. The molecule has 0 aromatic carbocycles. The summed E-state index contributed by atoms with van der Waals surface area (Å²) in [7, 11) is 0. The first kappa shape index (κ1) is 8.96. The lowest BCUT2D eigenvalue weighted by Crippen LogP contribution is -2.23. The Balaban J connectivity index is 2.45. The van der Waals surface area contributed by atoms with Crippen LogP contribution in [0.2, 0.25) is 0 Å². The van der Waals surface area contributed by atoms with Crippen molar-refractivity contribution >= 4 is 5.97 Å². The number of esters is 1. The molecule has 5 heteroatoms. The topological polar surface area (TPSA) is 69.4 Å². The second-order valence-corrected chi connectivity index (χ2v) is 3.06. The summed E-state index contributed by atoms with van der Waals surface area (Å²) in [5.41, 5.74) is 0. The van der Waals surface area contributed by atoms with Crippen molar-refractivity contribution < 1.29 is 14.5 Å². The molecule has 0 spiro atoms. The zero-order valence-corrected chi connectivity index (χ0v) is 6.86. The molecule has 5 nitrogen and oxygen atoms in total. The van der Waals surface area contributed by atoms with E-state index in [9.17, 15) is 14.9 Å². The normalized spacial score (nSPS) is 25.1. The Morgan fingerprint density at radius 1 is 1.83 bits per heavy atom. The molecule has 0 amide bonds. The van der Waals surface area contributed by atoms with Crippen molar-refractivity contribution in [1.29, 1.82) is 0 Å². The monoisotopic (exact) mass is 173 g/mol. The number of carbonyl (C=O) groups is 1. The molecule has 1 rings (SSSR count). The number of nitro groups is 1. The van der Waals surface area contributed by atoms with Crippen molar-refractivity contribution in [3.8, 4) is 0 Å². The summed E-state index contributed by atoms with van der Waals surface area (Å²) in [5.74, 6) is -0.769. The van der Waals surface area contributed by atoms with Gasteiger partial charge in [-0.1, -0.05) is 6.92 Å². The average molecular weight is 173 g/mol. The first-order chi connectivity index (χ1) is 5.61. The molecule has 1 aliphatic rings. The van der Waals surface area contributed by atoms with Crippen LogP contribution in [0.25, 0.3) is 0 Å². The summed E-state index contributed by atoms with van der Waals surface area (Å²) in [6, 6.07) is 0. The molecular weight excluding hydrogens is 162 g/mol. The largest absolute Gasteiger partial charge is 0.465 e. The molecule has 1 heterocycles. The van der Waals surface area contributed by atoms with Gasteiger partial charge in [0, 0.05) is 10.8 Å². The summed E-state index contributed by atoms with van der Waals surface area (Å²) in [4.78, 5) is 20.7. The standard InChI is InChI=1S/C7H11NO4/c1-5(4-8(10)11)6-2-3-12-7(6)9/h5-6H,2-4H2,1H3/t5-,6+/m1/s1. The maximum atomic E-state index is 11.0. The highest BCUT2D eigenvalue weighted by Crippen LogP contribution is 2.22. The number of hydrogen-bond donors (Lipinski definition) is 0. The van der Waals surface area contributed by atoms with E-state index in [4.69, 9.17) is 4.74 Å². The zero-order valence-electron chi connectivity index (χ0n) is 6.86. The third-order valence-electron chi connectivity index (χ3n) is 2.10. The molecule has 0 bridgehead atoms. The molecule has 0 aliphatic carbocycles. The van der Waals surface area contributed by atoms with E-state index in [0.29, 0.717) is 13.0 Å². The van der Waals surface area contributed by atoms with Crippen LogP contribution in [-0.4, -0.2) is 24.0 Å². The van der Waals surface area contributed by atoms with Crippen molar-refractivity contribution in [2.75, 3.05) is 13.2 Å². The number of cyclic esters (lactones) is 1. The summed E-state index contributed by atoms with van der Waals surface area (Å²) in [6.45, 7) is 1.96. The minimum atomic E-state index is -0.393. The third kappa shape index (κ3) is 1.93. The van der Waals surface area contributed by atoms with Crippen molar-refractivity contribution in [3.05, 3.63) is 10.1 Å². The average Bonchev–Trinajstić information content (AvgIpc) is 2.33. The Labute approximate surface area is 69.9 Å². The summed E-state index contributed by atoms with van der Waals surface area (Å²) >= 11 is 0. The van der Waals surface area contributed by atoms with Gasteiger partial charge < -0.3 is 4.74 Å². The van der Waals surface area contributed by atoms with E-state index in [1.54, 1.807) is 6.92 Å². The van der Waals surface area contributed by atoms with E-state index in [-0.39, 0.29) is 24.3 Å². The number of nitrogens with zero attached hydrogens (tertiary/aromatic N) is 1.